The Morgan fingerprint density at radius 2 is 2.07 bits per heavy atom. The SMILES string of the molecule is CCNC(=NCC(C)Oc1cccc(F)c1)NC(C)Cc1c(C)nn(C)c1C. The Kier molecular flexibility index (Phi) is 7.84. The van der Waals surface area contributed by atoms with Crippen molar-refractivity contribution in [2.24, 2.45) is 12.0 Å². The number of benzene rings is 1. The normalized spacial score (nSPS) is 13.9. The zero-order chi connectivity index (χ0) is 20.7. The average Bonchev–Trinajstić information content (AvgIpc) is 2.86. The highest BCUT2D eigenvalue weighted by atomic mass is 19.1. The fraction of sp³-hybridized carbons (Fsp3) is 0.524. The van der Waals surface area contributed by atoms with E-state index in [1.807, 2.05) is 32.5 Å². The number of aliphatic imine (C=N–C) groups is 1. The van der Waals surface area contributed by atoms with Gasteiger partial charge in [-0.3, -0.25) is 4.68 Å². The molecule has 0 aliphatic heterocycles. The van der Waals surface area contributed by atoms with E-state index in [1.165, 1.54) is 23.4 Å². The number of aromatic nitrogens is 2. The maximum absolute atomic E-state index is 13.3. The van der Waals surface area contributed by atoms with Crippen LogP contribution in [0.2, 0.25) is 0 Å². The van der Waals surface area contributed by atoms with Gasteiger partial charge in [0.25, 0.3) is 0 Å². The molecule has 0 fully saturated rings. The molecule has 28 heavy (non-hydrogen) atoms. The Labute approximate surface area is 167 Å². The van der Waals surface area contributed by atoms with Gasteiger partial charge in [0.1, 0.15) is 17.7 Å². The first kappa shape index (κ1) is 21.7. The summed E-state index contributed by atoms with van der Waals surface area (Å²) in [5.74, 6) is 0.943. The molecule has 0 amide bonds. The minimum Gasteiger partial charge on any atom is -0.489 e. The molecule has 0 saturated heterocycles. The highest BCUT2D eigenvalue weighted by Gasteiger charge is 2.14. The van der Waals surface area contributed by atoms with Gasteiger partial charge in [-0.2, -0.15) is 5.10 Å². The van der Waals surface area contributed by atoms with Crippen LogP contribution in [-0.2, 0) is 13.5 Å². The Hall–Kier alpha value is -2.57. The van der Waals surface area contributed by atoms with Crippen molar-refractivity contribution < 1.29 is 9.13 Å². The summed E-state index contributed by atoms with van der Waals surface area (Å²) in [4.78, 5) is 4.62. The lowest BCUT2D eigenvalue weighted by Crippen LogP contribution is -2.43. The number of hydrogen-bond acceptors (Lipinski definition) is 3. The number of hydrogen-bond donors (Lipinski definition) is 2. The smallest absolute Gasteiger partial charge is 0.191 e. The molecule has 1 heterocycles. The van der Waals surface area contributed by atoms with E-state index in [0.717, 1.165) is 24.6 Å². The van der Waals surface area contributed by atoms with Crippen molar-refractivity contribution in [3.05, 3.63) is 47.0 Å². The summed E-state index contributed by atoms with van der Waals surface area (Å²) in [6, 6.07) is 6.35. The summed E-state index contributed by atoms with van der Waals surface area (Å²) in [6.07, 6.45) is 0.695. The van der Waals surface area contributed by atoms with Gasteiger partial charge in [-0.05, 0) is 58.7 Å². The minimum absolute atomic E-state index is 0.171. The largest absolute Gasteiger partial charge is 0.489 e. The fourth-order valence-corrected chi connectivity index (χ4v) is 3.05. The van der Waals surface area contributed by atoms with E-state index in [4.69, 9.17) is 4.74 Å². The zero-order valence-electron chi connectivity index (χ0n) is 17.7. The Morgan fingerprint density at radius 1 is 1.32 bits per heavy atom. The van der Waals surface area contributed by atoms with Crippen molar-refractivity contribution in [1.82, 2.24) is 20.4 Å². The molecule has 2 N–H and O–H groups in total. The van der Waals surface area contributed by atoms with Crippen LogP contribution in [0.3, 0.4) is 0 Å². The molecular weight excluding hydrogens is 357 g/mol. The van der Waals surface area contributed by atoms with Gasteiger partial charge >= 0.3 is 0 Å². The Balaban J connectivity index is 1.95. The lowest BCUT2D eigenvalue weighted by Gasteiger charge is -2.19. The highest BCUT2D eigenvalue weighted by molar-refractivity contribution is 5.80. The average molecular weight is 390 g/mol. The van der Waals surface area contributed by atoms with Gasteiger partial charge in [-0.15, -0.1) is 0 Å². The second-order valence-corrected chi connectivity index (χ2v) is 7.13. The zero-order valence-corrected chi connectivity index (χ0v) is 17.7. The molecule has 6 nitrogen and oxygen atoms in total. The van der Waals surface area contributed by atoms with Gasteiger partial charge in [0.05, 0.1) is 12.2 Å². The number of nitrogens with zero attached hydrogens (tertiary/aromatic N) is 3. The molecule has 0 radical (unpaired) electrons. The molecule has 154 valence electrons. The van der Waals surface area contributed by atoms with Crippen LogP contribution in [0.5, 0.6) is 5.75 Å². The lowest BCUT2D eigenvalue weighted by atomic mass is 10.1. The van der Waals surface area contributed by atoms with E-state index in [1.54, 1.807) is 12.1 Å². The van der Waals surface area contributed by atoms with Gasteiger partial charge < -0.3 is 15.4 Å². The summed E-state index contributed by atoms with van der Waals surface area (Å²) in [7, 11) is 1.97. The van der Waals surface area contributed by atoms with Crippen LogP contribution in [0.4, 0.5) is 4.39 Å². The molecule has 0 bridgehead atoms. The van der Waals surface area contributed by atoms with Crippen LogP contribution in [0.25, 0.3) is 0 Å². The van der Waals surface area contributed by atoms with Crippen LogP contribution in [-0.4, -0.2) is 41.0 Å². The van der Waals surface area contributed by atoms with Crippen LogP contribution >= 0.6 is 0 Å². The quantitative estimate of drug-likeness (QED) is 0.538. The van der Waals surface area contributed by atoms with Crippen LogP contribution in [0.1, 0.15) is 37.7 Å². The summed E-state index contributed by atoms with van der Waals surface area (Å²) in [5, 5.41) is 11.2. The number of rotatable bonds is 8. The summed E-state index contributed by atoms with van der Waals surface area (Å²) in [5.41, 5.74) is 3.51. The predicted octanol–water partition coefficient (Wildman–Crippen LogP) is 3.13. The standard InChI is InChI=1S/C21H32FN5O/c1-7-23-21(24-13-15(3)28-19-10-8-9-18(22)12-19)25-14(2)11-20-16(4)26-27(6)17(20)5/h8-10,12,14-15H,7,11,13H2,1-6H3,(H2,23,24,25). The molecule has 2 unspecified atom stereocenters. The lowest BCUT2D eigenvalue weighted by molar-refractivity contribution is 0.229. The molecule has 0 aliphatic carbocycles. The number of aryl methyl sites for hydroxylation is 2. The molecular formula is C21H32FN5O. The molecule has 1 aromatic heterocycles. The van der Waals surface area contributed by atoms with Crippen molar-refractivity contribution >= 4 is 5.96 Å². The third kappa shape index (κ3) is 6.25. The topological polar surface area (TPSA) is 63.5 Å². The molecule has 0 spiro atoms. The first-order chi connectivity index (χ1) is 13.3. The second-order valence-electron chi connectivity index (χ2n) is 7.13. The van der Waals surface area contributed by atoms with Crippen molar-refractivity contribution in [2.75, 3.05) is 13.1 Å². The molecule has 2 rings (SSSR count). The summed E-state index contributed by atoms with van der Waals surface area (Å²) >= 11 is 0. The maximum Gasteiger partial charge on any atom is 0.191 e. The number of halogens is 1. The van der Waals surface area contributed by atoms with Crippen molar-refractivity contribution in [2.45, 2.75) is 53.2 Å². The van der Waals surface area contributed by atoms with Gasteiger partial charge in [0.15, 0.2) is 5.96 Å². The van der Waals surface area contributed by atoms with E-state index in [9.17, 15) is 4.39 Å². The van der Waals surface area contributed by atoms with Crippen molar-refractivity contribution in [1.29, 1.82) is 0 Å². The fourth-order valence-electron chi connectivity index (χ4n) is 3.05. The first-order valence-corrected chi connectivity index (χ1v) is 9.76. The van der Waals surface area contributed by atoms with Crippen LogP contribution in [0, 0.1) is 19.7 Å². The molecule has 2 atom stereocenters. The number of guanidine groups is 1. The molecule has 7 heteroatoms. The van der Waals surface area contributed by atoms with E-state index >= 15 is 0 Å². The van der Waals surface area contributed by atoms with E-state index in [-0.39, 0.29) is 18.0 Å². The van der Waals surface area contributed by atoms with Gasteiger partial charge in [-0.1, -0.05) is 6.07 Å². The summed E-state index contributed by atoms with van der Waals surface area (Å²) < 4.78 is 20.9. The van der Waals surface area contributed by atoms with Gasteiger partial charge in [-0.25, -0.2) is 9.38 Å². The van der Waals surface area contributed by atoms with E-state index in [2.05, 4.69) is 34.6 Å². The van der Waals surface area contributed by atoms with E-state index in [0.29, 0.717) is 12.3 Å². The number of nitrogens with one attached hydrogen (secondary N) is 2. The molecule has 0 saturated carbocycles. The summed E-state index contributed by atoms with van der Waals surface area (Å²) in [6.45, 7) is 11.4. The Morgan fingerprint density at radius 3 is 2.68 bits per heavy atom. The van der Waals surface area contributed by atoms with Crippen molar-refractivity contribution in [3.8, 4) is 5.75 Å². The monoisotopic (exact) mass is 389 g/mol. The van der Waals surface area contributed by atoms with Gasteiger partial charge in [0, 0.05) is 31.4 Å². The molecule has 0 aliphatic rings. The highest BCUT2D eigenvalue weighted by Crippen LogP contribution is 2.15. The van der Waals surface area contributed by atoms with Gasteiger partial charge in [0.2, 0.25) is 0 Å². The number of ether oxygens (including phenoxy) is 1. The Bertz CT molecular complexity index is 802. The van der Waals surface area contributed by atoms with E-state index < -0.39 is 0 Å². The molecule has 1 aromatic carbocycles. The van der Waals surface area contributed by atoms with Crippen LogP contribution < -0.4 is 15.4 Å². The van der Waals surface area contributed by atoms with Crippen molar-refractivity contribution in [3.63, 3.8) is 0 Å². The minimum atomic E-state index is -0.307. The predicted molar refractivity (Wildman–Crippen MR) is 111 cm³/mol. The third-order valence-corrected chi connectivity index (χ3v) is 4.54. The first-order valence-electron chi connectivity index (χ1n) is 9.76. The van der Waals surface area contributed by atoms with Crippen LogP contribution in [0.15, 0.2) is 29.3 Å². The third-order valence-electron chi connectivity index (χ3n) is 4.54. The maximum atomic E-state index is 13.3. The second kappa shape index (κ2) is 10.1. The molecule has 2 aromatic rings.